The Hall–Kier alpha value is -1.87. The van der Waals surface area contributed by atoms with Crippen LogP contribution in [-0.2, 0) is 13.0 Å². The lowest BCUT2D eigenvalue weighted by Gasteiger charge is -2.22. The van der Waals surface area contributed by atoms with Gasteiger partial charge in [-0.3, -0.25) is 4.98 Å². The van der Waals surface area contributed by atoms with E-state index in [4.69, 9.17) is 0 Å². The van der Waals surface area contributed by atoms with Gasteiger partial charge in [0.15, 0.2) is 0 Å². The Morgan fingerprint density at radius 1 is 1.10 bits per heavy atom. The third-order valence-corrected chi connectivity index (χ3v) is 3.55. The zero-order valence-corrected chi connectivity index (χ0v) is 12.6. The van der Waals surface area contributed by atoms with Crippen molar-refractivity contribution in [3.8, 4) is 0 Å². The molecule has 0 fully saturated rings. The van der Waals surface area contributed by atoms with Crippen LogP contribution in [-0.4, -0.2) is 18.6 Å². The van der Waals surface area contributed by atoms with Gasteiger partial charge in [-0.05, 0) is 42.3 Å². The number of benzene rings is 1. The molecule has 0 bridgehead atoms. The summed E-state index contributed by atoms with van der Waals surface area (Å²) in [6, 6.07) is 10.8. The van der Waals surface area contributed by atoms with Crippen LogP contribution in [0.1, 0.15) is 25.0 Å². The molecule has 20 heavy (non-hydrogen) atoms. The number of nitrogens with one attached hydrogen (secondary N) is 1. The molecule has 2 aromatic rings. The quantitative estimate of drug-likeness (QED) is 0.869. The van der Waals surface area contributed by atoms with E-state index in [1.165, 1.54) is 16.8 Å². The van der Waals surface area contributed by atoms with Gasteiger partial charge < -0.3 is 10.2 Å². The van der Waals surface area contributed by atoms with Crippen LogP contribution >= 0.6 is 0 Å². The Morgan fingerprint density at radius 2 is 1.85 bits per heavy atom. The second kappa shape index (κ2) is 7.06. The van der Waals surface area contributed by atoms with Crippen LogP contribution in [0.2, 0.25) is 0 Å². The highest BCUT2D eigenvalue weighted by Gasteiger charge is 2.09. The molecule has 0 atom stereocenters. The topological polar surface area (TPSA) is 28.2 Å². The van der Waals surface area contributed by atoms with E-state index in [0.29, 0.717) is 0 Å². The minimum atomic E-state index is 0.867. The fraction of sp³-hybridized carbons (Fsp3) is 0.353. The molecular formula is C17H23N3. The van der Waals surface area contributed by atoms with Crippen molar-refractivity contribution >= 4 is 11.4 Å². The Kier molecular flexibility index (Phi) is 5.13. The molecule has 1 heterocycles. The molecule has 2 rings (SSSR count). The van der Waals surface area contributed by atoms with Crippen LogP contribution in [0.3, 0.4) is 0 Å². The second-order valence-electron chi connectivity index (χ2n) is 4.86. The first-order valence-corrected chi connectivity index (χ1v) is 7.22. The van der Waals surface area contributed by atoms with Gasteiger partial charge in [0, 0.05) is 25.5 Å². The van der Waals surface area contributed by atoms with Crippen LogP contribution in [0.5, 0.6) is 0 Å². The number of aryl methyl sites for hydroxylation is 1. The minimum absolute atomic E-state index is 0.867. The van der Waals surface area contributed by atoms with Crippen LogP contribution in [0.25, 0.3) is 0 Å². The van der Waals surface area contributed by atoms with Crippen LogP contribution in [0.15, 0.2) is 42.7 Å². The van der Waals surface area contributed by atoms with Crippen molar-refractivity contribution in [2.45, 2.75) is 26.8 Å². The molecule has 0 aliphatic heterocycles. The number of rotatable bonds is 6. The molecule has 1 aromatic heterocycles. The van der Waals surface area contributed by atoms with Gasteiger partial charge >= 0.3 is 0 Å². The van der Waals surface area contributed by atoms with Crippen molar-refractivity contribution in [3.05, 3.63) is 53.9 Å². The normalized spacial score (nSPS) is 10.6. The average Bonchev–Trinajstić information content (AvgIpc) is 2.52. The van der Waals surface area contributed by atoms with E-state index in [0.717, 1.165) is 25.2 Å². The number of aromatic nitrogens is 1. The lowest BCUT2D eigenvalue weighted by Crippen LogP contribution is -2.17. The summed E-state index contributed by atoms with van der Waals surface area (Å²) in [5, 5.41) is 3.38. The third kappa shape index (κ3) is 3.36. The molecule has 0 saturated carbocycles. The molecule has 0 unspecified atom stereocenters. The summed E-state index contributed by atoms with van der Waals surface area (Å²) >= 11 is 0. The molecule has 1 aromatic carbocycles. The summed E-state index contributed by atoms with van der Waals surface area (Å²) in [5.41, 5.74) is 4.97. The van der Waals surface area contributed by atoms with Crippen LogP contribution < -0.4 is 10.2 Å². The maximum atomic E-state index is 4.26. The van der Waals surface area contributed by atoms with Gasteiger partial charge in [0.1, 0.15) is 0 Å². The van der Waals surface area contributed by atoms with Crippen molar-refractivity contribution < 1.29 is 0 Å². The molecular weight excluding hydrogens is 246 g/mol. The maximum absolute atomic E-state index is 4.26. The fourth-order valence-corrected chi connectivity index (χ4v) is 2.22. The first kappa shape index (κ1) is 14.5. The second-order valence-corrected chi connectivity index (χ2v) is 4.86. The molecule has 0 aliphatic carbocycles. The van der Waals surface area contributed by atoms with Crippen molar-refractivity contribution in [2.24, 2.45) is 0 Å². The smallest absolute Gasteiger partial charge is 0.0640 e. The first-order chi connectivity index (χ1) is 9.76. The van der Waals surface area contributed by atoms with E-state index in [9.17, 15) is 0 Å². The van der Waals surface area contributed by atoms with Crippen molar-refractivity contribution in [1.82, 2.24) is 10.3 Å². The van der Waals surface area contributed by atoms with Crippen molar-refractivity contribution in [2.75, 3.05) is 18.5 Å². The average molecular weight is 269 g/mol. The standard InChI is InChI=1S/C17H23N3/c1-4-14-6-8-16(9-7-14)20(3)17-13-19-11-10-15(17)12-18-5-2/h6-11,13,18H,4-5,12H2,1-3H3. The zero-order chi connectivity index (χ0) is 14.4. The van der Waals surface area contributed by atoms with E-state index in [1.807, 2.05) is 12.4 Å². The molecule has 0 aliphatic rings. The maximum Gasteiger partial charge on any atom is 0.0640 e. The highest BCUT2D eigenvalue weighted by molar-refractivity contribution is 5.65. The van der Waals surface area contributed by atoms with E-state index < -0.39 is 0 Å². The summed E-state index contributed by atoms with van der Waals surface area (Å²) in [7, 11) is 2.09. The van der Waals surface area contributed by atoms with Crippen molar-refractivity contribution in [1.29, 1.82) is 0 Å². The summed E-state index contributed by atoms with van der Waals surface area (Å²) in [6.07, 6.45) is 4.85. The largest absolute Gasteiger partial charge is 0.343 e. The molecule has 3 heteroatoms. The Balaban J connectivity index is 2.24. The van der Waals surface area contributed by atoms with E-state index in [1.54, 1.807) is 0 Å². The highest BCUT2D eigenvalue weighted by atomic mass is 15.1. The van der Waals surface area contributed by atoms with Gasteiger partial charge in [-0.1, -0.05) is 26.0 Å². The molecule has 106 valence electrons. The predicted octanol–water partition coefficient (Wildman–Crippen LogP) is 3.52. The summed E-state index contributed by atoms with van der Waals surface area (Å²) in [6.45, 7) is 6.13. The molecule has 0 amide bonds. The van der Waals surface area contributed by atoms with Gasteiger partial charge in [-0.25, -0.2) is 0 Å². The summed E-state index contributed by atoms with van der Waals surface area (Å²) in [4.78, 5) is 6.46. The minimum Gasteiger partial charge on any atom is -0.343 e. The Labute approximate surface area is 121 Å². The van der Waals surface area contributed by atoms with E-state index >= 15 is 0 Å². The van der Waals surface area contributed by atoms with Crippen molar-refractivity contribution in [3.63, 3.8) is 0 Å². The molecule has 3 nitrogen and oxygen atoms in total. The Morgan fingerprint density at radius 3 is 2.50 bits per heavy atom. The van der Waals surface area contributed by atoms with Gasteiger partial charge in [0.05, 0.1) is 11.9 Å². The molecule has 1 N–H and O–H groups in total. The molecule has 0 saturated heterocycles. The fourth-order valence-electron chi connectivity index (χ4n) is 2.22. The SMILES string of the molecule is CCNCc1ccncc1N(C)c1ccc(CC)cc1. The molecule has 0 radical (unpaired) electrons. The third-order valence-electron chi connectivity index (χ3n) is 3.55. The van der Waals surface area contributed by atoms with Gasteiger partial charge in [0.2, 0.25) is 0 Å². The van der Waals surface area contributed by atoms with E-state index in [-0.39, 0.29) is 0 Å². The number of hydrogen-bond acceptors (Lipinski definition) is 3. The lowest BCUT2D eigenvalue weighted by atomic mass is 10.1. The Bertz CT molecular complexity index is 534. The molecule has 0 spiro atoms. The predicted molar refractivity (Wildman–Crippen MR) is 85.5 cm³/mol. The van der Waals surface area contributed by atoms with Crippen LogP contribution in [0, 0.1) is 0 Å². The van der Waals surface area contributed by atoms with E-state index in [2.05, 4.69) is 66.4 Å². The number of anilines is 2. The van der Waals surface area contributed by atoms with Gasteiger partial charge in [-0.15, -0.1) is 0 Å². The number of nitrogens with zero attached hydrogens (tertiary/aromatic N) is 2. The number of hydrogen-bond donors (Lipinski definition) is 1. The lowest BCUT2D eigenvalue weighted by molar-refractivity contribution is 0.725. The summed E-state index contributed by atoms with van der Waals surface area (Å²) in [5.74, 6) is 0. The highest BCUT2D eigenvalue weighted by Crippen LogP contribution is 2.26. The van der Waals surface area contributed by atoms with Gasteiger partial charge in [0.25, 0.3) is 0 Å². The summed E-state index contributed by atoms with van der Waals surface area (Å²) < 4.78 is 0. The zero-order valence-electron chi connectivity index (χ0n) is 12.6. The van der Waals surface area contributed by atoms with Crippen LogP contribution in [0.4, 0.5) is 11.4 Å². The monoisotopic (exact) mass is 269 g/mol. The first-order valence-electron chi connectivity index (χ1n) is 7.22. The number of pyridine rings is 1. The van der Waals surface area contributed by atoms with Gasteiger partial charge in [-0.2, -0.15) is 0 Å².